The van der Waals surface area contributed by atoms with E-state index in [4.69, 9.17) is 16.1 Å². The normalized spacial score (nSPS) is 10.8. The van der Waals surface area contributed by atoms with Crippen LogP contribution in [0.1, 0.15) is 11.5 Å². The molecule has 0 radical (unpaired) electrons. The Hall–Kier alpha value is -2.52. The molecule has 136 valence electrons. The number of halogens is 1. The van der Waals surface area contributed by atoms with Gasteiger partial charge in [0.25, 0.3) is 0 Å². The molecule has 0 aliphatic rings. The number of hydrogen-bond acceptors (Lipinski definition) is 6. The van der Waals surface area contributed by atoms with Crippen LogP contribution in [0.4, 0.5) is 5.82 Å². The van der Waals surface area contributed by atoms with Crippen molar-refractivity contribution in [3.05, 3.63) is 47.1 Å². The number of thioether (sulfide) groups is 1. The number of carbonyl (C=O) groups is 2. The van der Waals surface area contributed by atoms with Crippen LogP contribution < -0.4 is 10.6 Å². The maximum absolute atomic E-state index is 11.9. The fourth-order valence-corrected chi connectivity index (χ4v) is 3.00. The summed E-state index contributed by atoms with van der Waals surface area (Å²) in [6.45, 7) is 2.04. The summed E-state index contributed by atoms with van der Waals surface area (Å²) in [7, 11) is 0. The van der Waals surface area contributed by atoms with Gasteiger partial charge in [-0.25, -0.2) is 4.98 Å². The van der Waals surface area contributed by atoms with Crippen molar-refractivity contribution >= 4 is 46.6 Å². The van der Waals surface area contributed by atoms with E-state index in [1.165, 1.54) is 11.8 Å². The summed E-state index contributed by atoms with van der Waals surface area (Å²) >= 11 is 7.14. The highest BCUT2D eigenvalue weighted by molar-refractivity contribution is 8.00. The van der Waals surface area contributed by atoms with Crippen LogP contribution in [-0.4, -0.2) is 37.9 Å². The summed E-state index contributed by atoms with van der Waals surface area (Å²) in [5.41, 5.74) is 1.48. The van der Waals surface area contributed by atoms with Gasteiger partial charge in [-0.15, -0.1) is 11.8 Å². The summed E-state index contributed by atoms with van der Waals surface area (Å²) in [5.74, 6) is 0.881. The molecule has 10 heteroatoms. The van der Waals surface area contributed by atoms with Crippen molar-refractivity contribution in [1.29, 1.82) is 0 Å². The highest BCUT2D eigenvalue weighted by atomic mass is 35.5. The number of nitrogens with one attached hydrogen (secondary N) is 2. The van der Waals surface area contributed by atoms with Gasteiger partial charge in [-0.05, 0) is 19.1 Å². The molecule has 26 heavy (non-hydrogen) atoms. The lowest BCUT2D eigenvalue weighted by atomic mass is 10.4. The van der Waals surface area contributed by atoms with Crippen molar-refractivity contribution in [1.82, 2.24) is 19.9 Å². The smallest absolute Gasteiger partial charge is 0.235 e. The van der Waals surface area contributed by atoms with Gasteiger partial charge in [0.15, 0.2) is 5.82 Å². The first-order valence-corrected chi connectivity index (χ1v) is 9.23. The monoisotopic (exact) mass is 393 g/mol. The highest BCUT2D eigenvalue weighted by Gasteiger charge is 2.09. The van der Waals surface area contributed by atoms with Crippen molar-refractivity contribution in [2.24, 2.45) is 0 Å². The molecule has 0 saturated heterocycles. The molecule has 0 spiro atoms. The maximum atomic E-state index is 11.9. The lowest BCUT2D eigenvalue weighted by Gasteiger charge is -2.03. The van der Waals surface area contributed by atoms with Gasteiger partial charge < -0.3 is 19.6 Å². The molecular formula is C16H16ClN5O3S. The third kappa shape index (κ3) is 4.99. The first kappa shape index (κ1) is 18.3. The van der Waals surface area contributed by atoms with E-state index in [0.29, 0.717) is 23.1 Å². The van der Waals surface area contributed by atoms with Gasteiger partial charge in [-0.3, -0.25) is 9.59 Å². The fraction of sp³-hybridized carbons (Fsp3) is 0.250. The molecule has 2 amide bonds. The number of hydrogen-bond donors (Lipinski definition) is 2. The standard InChI is InChI=1S/C16H16ClN5O3S/c1-10-4-13(21-25-10)20-16(24)9-26-8-15(23)18-5-12-7-22-6-11(17)2-3-14(22)19-12/h2-4,6-7H,5,8-9H2,1H3,(H,18,23)(H,20,21,24). The summed E-state index contributed by atoms with van der Waals surface area (Å²) < 4.78 is 6.66. The molecule has 0 aliphatic carbocycles. The second-order valence-corrected chi connectivity index (χ2v) is 6.91. The molecule has 0 unspecified atom stereocenters. The molecule has 0 atom stereocenters. The molecular weight excluding hydrogens is 378 g/mol. The van der Waals surface area contributed by atoms with Gasteiger partial charge in [-0.2, -0.15) is 0 Å². The van der Waals surface area contributed by atoms with Gasteiger partial charge in [-0.1, -0.05) is 16.8 Å². The molecule has 3 heterocycles. The number of amides is 2. The fourth-order valence-electron chi connectivity index (χ4n) is 2.18. The second kappa shape index (κ2) is 8.24. The van der Waals surface area contributed by atoms with Crippen molar-refractivity contribution in [3.8, 4) is 0 Å². The Morgan fingerprint density at radius 3 is 2.85 bits per heavy atom. The lowest BCUT2D eigenvalue weighted by Crippen LogP contribution is -2.25. The zero-order chi connectivity index (χ0) is 18.5. The van der Waals surface area contributed by atoms with E-state index in [1.54, 1.807) is 35.7 Å². The van der Waals surface area contributed by atoms with E-state index < -0.39 is 0 Å². The first-order valence-electron chi connectivity index (χ1n) is 7.70. The van der Waals surface area contributed by atoms with E-state index in [0.717, 1.165) is 11.3 Å². The van der Waals surface area contributed by atoms with Gasteiger partial charge in [0.2, 0.25) is 11.8 Å². The Bertz CT molecular complexity index is 939. The lowest BCUT2D eigenvalue weighted by molar-refractivity contribution is -0.118. The van der Waals surface area contributed by atoms with Crippen LogP contribution in [0.5, 0.6) is 0 Å². The SMILES string of the molecule is Cc1cc(NC(=O)CSCC(=O)NCc2cn3cc(Cl)ccc3n2)no1. The molecule has 0 fully saturated rings. The van der Waals surface area contributed by atoms with Crippen LogP contribution in [0.3, 0.4) is 0 Å². The van der Waals surface area contributed by atoms with E-state index in [-0.39, 0.29) is 23.3 Å². The van der Waals surface area contributed by atoms with Gasteiger partial charge >= 0.3 is 0 Å². The molecule has 3 aromatic rings. The average molecular weight is 394 g/mol. The molecule has 3 aromatic heterocycles. The third-order valence-corrected chi connectivity index (χ3v) is 4.45. The zero-order valence-corrected chi connectivity index (χ0v) is 15.4. The van der Waals surface area contributed by atoms with Gasteiger partial charge in [0, 0.05) is 18.5 Å². The number of aryl methyl sites for hydroxylation is 1. The number of rotatable bonds is 7. The minimum Gasteiger partial charge on any atom is -0.360 e. The van der Waals surface area contributed by atoms with Crippen LogP contribution in [0.2, 0.25) is 5.02 Å². The van der Waals surface area contributed by atoms with Crippen molar-refractivity contribution < 1.29 is 14.1 Å². The van der Waals surface area contributed by atoms with Crippen LogP contribution in [0, 0.1) is 6.92 Å². The summed E-state index contributed by atoms with van der Waals surface area (Å²) in [4.78, 5) is 28.0. The average Bonchev–Trinajstić information content (AvgIpc) is 3.18. The Kier molecular flexibility index (Phi) is 5.79. The van der Waals surface area contributed by atoms with E-state index in [9.17, 15) is 9.59 Å². The number of aromatic nitrogens is 3. The zero-order valence-electron chi connectivity index (χ0n) is 13.9. The molecule has 8 nitrogen and oxygen atoms in total. The number of imidazole rings is 1. The van der Waals surface area contributed by atoms with Crippen LogP contribution in [-0.2, 0) is 16.1 Å². The number of fused-ring (bicyclic) bond motifs is 1. The molecule has 0 aromatic carbocycles. The summed E-state index contributed by atoms with van der Waals surface area (Å²) in [6.07, 6.45) is 3.56. The summed E-state index contributed by atoms with van der Waals surface area (Å²) in [5, 5.41) is 9.65. The van der Waals surface area contributed by atoms with Gasteiger partial charge in [0.1, 0.15) is 11.4 Å². The molecule has 0 aliphatic heterocycles. The topological polar surface area (TPSA) is 102 Å². The minimum atomic E-state index is -0.242. The summed E-state index contributed by atoms with van der Waals surface area (Å²) in [6, 6.07) is 5.18. The van der Waals surface area contributed by atoms with Crippen LogP contribution in [0.15, 0.2) is 35.1 Å². The Morgan fingerprint density at radius 1 is 1.27 bits per heavy atom. The molecule has 0 bridgehead atoms. The number of nitrogens with zero attached hydrogens (tertiary/aromatic N) is 3. The largest absolute Gasteiger partial charge is 0.360 e. The predicted molar refractivity (Wildman–Crippen MR) is 99.2 cm³/mol. The van der Waals surface area contributed by atoms with Crippen molar-refractivity contribution in [2.75, 3.05) is 16.8 Å². The molecule has 2 N–H and O–H groups in total. The van der Waals surface area contributed by atoms with E-state index >= 15 is 0 Å². The van der Waals surface area contributed by atoms with E-state index in [2.05, 4.69) is 20.8 Å². The van der Waals surface area contributed by atoms with Crippen molar-refractivity contribution in [2.45, 2.75) is 13.5 Å². The third-order valence-electron chi connectivity index (χ3n) is 3.29. The number of pyridine rings is 1. The highest BCUT2D eigenvalue weighted by Crippen LogP contribution is 2.12. The Labute approximate surface area is 158 Å². The number of anilines is 1. The quantitative estimate of drug-likeness (QED) is 0.638. The molecule has 0 saturated carbocycles. The van der Waals surface area contributed by atoms with Crippen molar-refractivity contribution in [3.63, 3.8) is 0 Å². The maximum Gasteiger partial charge on any atom is 0.235 e. The predicted octanol–water partition coefficient (Wildman–Crippen LogP) is 2.27. The van der Waals surface area contributed by atoms with Crippen LogP contribution in [0.25, 0.3) is 5.65 Å². The van der Waals surface area contributed by atoms with E-state index in [1.807, 2.05) is 6.20 Å². The Morgan fingerprint density at radius 2 is 2.08 bits per heavy atom. The minimum absolute atomic E-state index is 0.145. The van der Waals surface area contributed by atoms with Crippen LogP contribution >= 0.6 is 23.4 Å². The Balaban J connectivity index is 1.39. The first-order chi connectivity index (χ1) is 12.5. The van der Waals surface area contributed by atoms with Gasteiger partial charge in [0.05, 0.1) is 28.8 Å². The molecule has 3 rings (SSSR count). The number of carbonyl (C=O) groups excluding carboxylic acids is 2. The second-order valence-electron chi connectivity index (χ2n) is 5.49.